The molecule has 0 atom stereocenters. The number of H-pyrrole nitrogens is 1. The molecule has 1 saturated heterocycles. The lowest BCUT2D eigenvalue weighted by atomic mass is 10.1. The third-order valence-electron chi connectivity index (χ3n) is 5.43. The van der Waals surface area contributed by atoms with Crippen LogP contribution in [0.4, 0.5) is 4.39 Å². The number of rotatable bonds is 11. The average Bonchev–Trinajstić information content (AvgIpc) is 3.28. The Balaban J connectivity index is 1.27. The SMILES string of the molecule is CN(CCCCCc1cc(-c2cccc(F)c2)n[nH]1)C(=O)CSCC(=O)N1CCOCC1. The molecular weight excluding hydrogens is 431 g/mol. The van der Waals surface area contributed by atoms with E-state index in [0.717, 1.165) is 42.6 Å². The molecule has 1 aromatic heterocycles. The van der Waals surface area contributed by atoms with Crippen LogP contribution in [0.1, 0.15) is 25.0 Å². The number of ether oxygens (including phenoxy) is 1. The number of nitrogens with zero attached hydrogens (tertiary/aromatic N) is 3. The lowest BCUT2D eigenvalue weighted by Crippen LogP contribution is -2.41. The van der Waals surface area contributed by atoms with E-state index in [0.29, 0.717) is 44.4 Å². The van der Waals surface area contributed by atoms with E-state index < -0.39 is 0 Å². The zero-order chi connectivity index (χ0) is 22.8. The van der Waals surface area contributed by atoms with Crippen LogP contribution in [0.3, 0.4) is 0 Å². The molecule has 0 radical (unpaired) electrons. The lowest BCUT2D eigenvalue weighted by Gasteiger charge is -2.26. The molecule has 1 aliphatic rings. The molecule has 1 fully saturated rings. The van der Waals surface area contributed by atoms with E-state index in [1.807, 2.05) is 19.2 Å². The highest BCUT2D eigenvalue weighted by Gasteiger charge is 2.17. The predicted octanol–water partition coefficient (Wildman–Crippen LogP) is 2.98. The largest absolute Gasteiger partial charge is 0.378 e. The number of morpholine rings is 1. The number of halogens is 1. The molecule has 0 aliphatic carbocycles. The molecule has 0 unspecified atom stereocenters. The molecule has 1 N–H and O–H groups in total. The van der Waals surface area contributed by atoms with Crippen LogP contribution in [0, 0.1) is 5.82 Å². The van der Waals surface area contributed by atoms with Crippen molar-refractivity contribution < 1.29 is 18.7 Å². The molecule has 0 spiro atoms. The van der Waals surface area contributed by atoms with Crippen molar-refractivity contribution >= 4 is 23.6 Å². The molecule has 174 valence electrons. The Morgan fingerprint density at radius 1 is 1.19 bits per heavy atom. The molecule has 0 saturated carbocycles. The van der Waals surface area contributed by atoms with Crippen LogP contribution < -0.4 is 0 Å². The first kappa shape index (κ1) is 24.3. The van der Waals surface area contributed by atoms with E-state index in [-0.39, 0.29) is 17.6 Å². The van der Waals surface area contributed by atoms with Gasteiger partial charge < -0.3 is 14.5 Å². The van der Waals surface area contributed by atoms with Crippen LogP contribution >= 0.6 is 11.8 Å². The number of hydrogen-bond donors (Lipinski definition) is 1. The minimum atomic E-state index is -0.271. The van der Waals surface area contributed by atoms with Gasteiger partial charge in [0.15, 0.2) is 0 Å². The van der Waals surface area contributed by atoms with Crippen molar-refractivity contribution in [1.29, 1.82) is 0 Å². The van der Waals surface area contributed by atoms with Crippen molar-refractivity contribution in [1.82, 2.24) is 20.0 Å². The summed E-state index contributed by atoms with van der Waals surface area (Å²) < 4.78 is 18.6. The van der Waals surface area contributed by atoms with E-state index in [1.54, 1.807) is 15.9 Å². The third kappa shape index (κ3) is 7.63. The van der Waals surface area contributed by atoms with Gasteiger partial charge in [-0.3, -0.25) is 14.7 Å². The second-order valence-corrected chi connectivity index (χ2v) is 8.89. The Hall–Kier alpha value is -2.39. The van der Waals surface area contributed by atoms with Crippen LogP contribution in [0.25, 0.3) is 11.3 Å². The molecule has 0 bridgehead atoms. The van der Waals surface area contributed by atoms with E-state index in [2.05, 4.69) is 10.2 Å². The van der Waals surface area contributed by atoms with Crippen molar-refractivity contribution in [3.05, 3.63) is 41.8 Å². The Morgan fingerprint density at radius 3 is 2.78 bits per heavy atom. The first-order valence-electron chi connectivity index (χ1n) is 11.0. The van der Waals surface area contributed by atoms with Gasteiger partial charge in [0, 0.05) is 37.9 Å². The lowest BCUT2D eigenvalue weighted by molar-refractivity contribution is -0.132. The second-order valence-electron chi connectivity index (χ2n) is 7.90. The minimum absolute atomic E-state index is 0.0538. The number of hydrogen-bond acceptors (Lipinski definition) is 5. The van der Waals surface area contributed by atoms with Crippen LogP contribution in [0.2, 0.25) is 0 Å². The van der Waals surface area contributed by atoms with Crippen molar-refractivity contribution in [3.8, 4) is 11.3 Å². The maximum absolute atomic E-state index is 13.4. The topological polar surface area (TPSA) is 78.5 Å². The molecule has 3 rings (SSSR count). The first-order chi connectivity index (χ1) is 15.5. The Morgan fingerprint density at radius 2 is 2.00 bits per heavy atom. The Labute approximate surface area is 192 Å². The number of benzene rings is 1. The van der Waals surface area contributed by atoms with Gasteiger partial charge >= 0.3 is 0 Å². The monoisotopic (exact) mass is 462 g/mol. The van der Waals surface area contributed by atoms with Gasteiger partial charge in [0.25, 0.3) is 0 Å². The number of unbranched alkanes of at least 4 members (excludes halogenated alkanes) is 2. The zero-order valence-electron chi connectivity index (χ0n) is 18.5. The molecule has 2 aromatic rings. The number of amides is 2. The Bertz CT molecular complexity index is 886. The number of aryl methyl sites for hydroxylation is 1. The fourth-order valence-corrected chi connectivity index (χ4v) is 4.35. The van der Waals surface area contributed by atoms with Crippen LogP contribution in [0.5, 0.6) is 0 Å². The highest BCUT2D eigenvalue weighted by atomic mass is 32.2. The standard InChI is InChI=1S/C23H31FN4O3S/c1-27(22(29)16-32-17-23(30)28-10-12-31-13-11-28)9-4-2-3-8-20-15-21(26-25-20)18-6-5-7-19(24)14-18/h5-7,14-15H,2-4,8-13,16-17H2,1H3,(H,25,26). The summed E-state index contributed by atoms with van der Waals surface area (Å²) in [5.74, 6) is 0.518. The van der Waals surface area contributed by atoms with E-state index in [4.69, 9.17) is 4.74 Å². The molecule has 1 aromatic carbocycles. The summed E-state index contributed by atoms with van der Waals surface area (Å²) in [5.41, 5.74) is 2.53. The third-order valence-corrected chi connectivity index (χ3v) is 6.33. The smallest absolute Gasteiger partial charge is 0.232 e. The zero-order valence-corrected chi connectivity index (χ0v) is 19.3. The molecule has 7 nitrogen and oxygen atoms in total. The summed E-state index contributed by atoms with van der Waals surface area (Å²) in [6.07, 6.45) is 3.76. The highest BCUT2D eigenvalue weighted by molar-refractivity contribution is 8.00. The van der Waals surface area contributed by atoms with Crippen molar-refractivity contribution in [2.24, 2.45) is 0 Å². The molecule has 9 heteroatoms. The van der Waals surface area contributed by atoms with Gasteiger partial charge in [-0.1, -0.05) is 18.6 Å². The summed E-state index contributed by atoms with van der Waals surface area (Å²) >= 11 is 1.38. The average molecular weight is 463 g/mol. The number of nitrogens with one attached hydrogen (secondary N) is 1. The van der Waals surface area contributed by atoms with Gasteiger partial charge in [-0.15, -0.1) is 11.8 Å². The van der Waals surface area contributed by atoms with Crippen molar-refractivity contribution in [2.45, 2.75) is 25.7 Å². The van der Waals surface area contributed by atoms with Crippen molar-refractivity contribution in [2.75, 3.05) is 51.4 Å². The van der Waals surface area contributed by atoms with Gasteiger partial charge in [-0.05, 0) is 37.5 Å². The number of aromatic amines is 1. The molecule has 1 aliphatic heterocycles. The fraction of sp³-hybridized carbons (Fsp3) is 0.522. The maximum atomic E-state index is 13.4. The summed E-state index contributed by atoms with van der Waals surface area (Å²) in [7, 11) is 1.81. The summed E-state index contributed by atoms with van der Waals surface area (Å²) in [6.45, 7) is 3.16. The van der Waals surface area contributed by atoms with Gasteiger partial charge in [0.1, 0.15) is 5.82 Å². The second kappa shape index (κ2) is 12.6. The first-order valence-corrected chi connectivity index (χ1v) is 12.2. The Kier molecular flexibility index (Phi) is 9.55. The van der Waals surface area contributed by atoms with E-state index in [1.165, 1.54) is 23.9 Å². The van der Waals surface area contributed by atoms with Crippen LogP contribution in [-0.2, 0) is 20.7 Å². The summed E-state index contributed by atoms with van der Waals surface area (Å²) in [6, 6.07) is 8.37. The molecule has 2 amide bonds. The van der Waals surface area contributed by atoms with Crippen LogP contribution in [0.15, 0.2) is 30.3 Å². The normalized spacial score (nSPS) is 13.9. The quantitative estimate of drug-likeness (QED) is 0.520. The van der Waals surface area contributed by atoms with Gasteiger partial charge in [0.2, 0.25) is 11.8 Å². The number of aromatic nitrogens is 2. The van der Waals surface area contributed by atoms with Gasteiger partial charge in [-0.2, -0.15) is 5.10 Å². The van der Waals surface area contributed by atoms with Gasteiger partial charge in [0.05, 0.1) is 30.4 Å². The number of carbonyl (C=O) groups excluding carboxylic acids is 2. The van der Waals surface area contributed by atoms with Crippen LogP contribution in [-0.4, -0.2) is 83.2 Å². The summed E-state index contributed by atoms with van der Waals surface area (Å²) in [4.78, 5) is 27.9. The summed E-state index contributed by atoms with van der Waals surface area (Å²) in [5, 5.41) is 7.29. The minimum Gasteiger partial charge on any atom is -0.378 e. The number of thioether (sulfide) groups is 1. The molecule has 2 heterocycles. The fourth-order valence-electron chi connectivity index (χ4n) is 3.49. The predicted molar refractivity (Wildman–Crippen MR) is 124 cm³/mol. The highest BCUT2D eigenvalue weighted by Crippen LogP contribution is 2.19. The van der Waals surface area contributed by atoms with E-state index in [9.17, 15) is 14.0 Å². The van der Waals surface area contributed by atoms with E-state index >= 15 is 0 Å². The maximum Gasteiger partial charge on any atom is 0.232 e. The molecule has 32 heavy (non-hydrogen) atoms. The number of carbonyl (C=O) groups is 2. The van der Waals surface area contributed by atoms with Crippen molar-refractivity contribution in [3.63, 3.8) is 0 Å². The molecular formula is C23H31FN4O3S. The van der Waals surface area contributed by atoms with Gasteiger partial charge in [-0.25, -0.2) is 4.39 Å².